The molecule has 0 aromatic heterocycles. The zero-order chi connectivity index (χ0) is 15.2. The quantitative estimate of drug-likeness (QED) is 0.509. The minimum atomic E-state index is -0.359. The minimum absolute atomic E-state index is 0.359. The number of ether oxygens (including phenoxy) is 1. The van der Waals surface area contributed by atoms with Crippen molar-refractivity contribution < 1.29 is 9.53 Å². The number of nitrogens with zero attached hydrogens (tertiary/aromatic N) is 1. The number of halogens is 1. The Morgan fingerprint density at radius 2 is 2.05 bits per heavy atom. The summed E-state index contributed by atoms with van der Waals surface area (Å²) < 4.78 is 5.20. The van der Waals surface area contributed by atoms with Crippen molar-refractivity contribution in [1.82, 2.24) is 0 Å². The van der Waals surface area contributed by atoms with Crippen LogP contribution in [0.1, 0.15) is 49.4 Å². The van der Waals surface area contributed by atoms with E-state index in [1.165, 1.54) is 6.42 Å². The first kappa shape index (κ1) is 16.0. The van der Waals surface area contributed by atoms with Crippen LogP contribution >= 0.6 is 11.6 Å². The molecule has 0 saturated carbocycles. The van der Waals surface area contributed by atoms with E-state index in [0.717, 1.165) is 44.5 Å². The van der Waals surface area contributed by atoms with Crippen molar-refractivity contribution in [3.63, 3.8) is 0 Å². The summed E-state index contributed by atoms with van der Waals surface area (Å²) in [7, 11) is 0. The van der Waals surface area contributed by atoms with E-state index in [0.29, 0.717) is 22.9 Å². The Morgan fingerprint density at radius 3 is 2.67 bits per heavy atom. The van der Waals surface area contributed by atoms with Crippen LogP contribution in [0.15, 0.2) is 12.1 Å². The third kappa shape index (κ3) is 4.03. The summed E-state index contributed by atoms with van der Waals surface area (Å²) in [4.78, 5) is 14.2. The topological polar surface area (TPSA) is 55.6 Å². The molecule has 4 nitrogen and oxygen atoms in total. The highest BCUT2D eigenvalue weighted by Crippen LogP contribution is 2.35. The molecule has 1 aromatic carbocycles. The van der Waals surface area contributed by atoms with Crippen molar-refractivity contribution in [2.75, 3.05) is 30.3 Å². The molecule has 0 unspecified atom stereocenters. The third-order valence-electron chi connectivity index (χ3n) is 3.73. The highest BCUT2D eigenvalue weighted by molar-refractivity contribution is 6.34. The average Bonchev–Trinajstić information content (AvgIpc) is 2.47. The fourth-order valence-corrected chi connectivity index (χ4v) is 2.93. The van der Waals surface area contributed by atoms with Gasteiger partial charge < -0.3 is 15.4 Å². The molecule has 2 rings (SSSR count). The van der Waals surface area contributed by atoms with Gasteiger partial charge in [-0.3, -0.25) is 0 Å². The van der Waals surface area contributed by atoms with E-state index < -0.39 is 0 Å². The molecule has 0 amide bonds. The number of carbonyl (C=O) groups is 1. The molecule has 116 valence electrons. The number of esters is 1. The summed E-state index contributed by atoms with van der Waals surface area (Å²) in [6.07, 6.45) is 5.40. The number of rotatable bonds is 5. The molecule has 1 saturated heterocycles. The average molecular weight is 311 g/mol. The second kappa shape index (κ2) is 7.55. The predicted molar refractivity (Wildman–Crippen MR) is 87.1 cm³/mol. The standard InChI is InChI=1S/C16H23ClN2O2/c1-2-3-9-21-16(20)12-10-13(17)15(14(18)11-12)19-7-5-4-6-8-19/h10-11H,2-9,18H2,1H3. The van der Waals surface area contributed by atoms with Crippen LogP contribution in [-0.2, 0) is 4.74 Å². The number of carbonyl (C=O) groups excluding carboxylic acids is 1. The number of hydrogen-bond acceptors (Lipinski definition) is 4. The molecular formula is C16H23ClN2O2. The van der Waals surface area contributed by atoms with Gasteiger partial charge in [0.1, 0.15) is 0 Å². The van der Waals surface area contributed by atoms with Gasteiger partial charge in [0.15, 0.2) is 0 Å². The first-order chi connectivity index (χ1) is 10.1. The van der Waals surface area contributed by atoms with Gasteiger partial charge in [0, 0.05) is 13.1 Å². The highest BCUT2D eigenvalue weighted by Gasteiger charge is 2.19. The smallest absolute Gasteiger partial charge is 0.338 e. The molecule has 0 aliphatic carbocycles. The van der Waals surface area contributed by atoms with Gasteiger partial charge in [-0.1, -0.05) is 24.9 Å². The van der Waals surface area contributed by atoms with Gasteiger partial charge >= 0.3 is 5.97 Å². The van der Waals surface area contributed by atoms with E-state index in [9.17, 15) is 4.79 Å². The normalized spacial score (nSPS) is 15.0. The second-order valence-electron chi connectivity index (χ2n) is 5.43. The number of benzene rings is 1. The molecule has 1 aliphatic heterocycles. The molecule has 0 atom stereocenters. The zero-order valence-electron chi connectivity index (χ0n) is 12.5. The van der Waals surface area contributed by atoms with Gasteiger partial charge in [0.25, 0.3) is 0 Å². The second-order valence-corrected chi connectivity index (χ2v) is 5.84. The van der Waals surface area contributed by atoms with Crippen molar-refractivity contribution in [1.29, 1.82) is 0 Å². The van der Waals surface area contributed by atoms with Crippen LogP contribution in [0.25, 0.3) is 0 Å². The number of anilines is 2. The van der Waals surface area contributed by atoms with Crippen LogP contribution in [0.3, 0.4) is 0 Å². The Labute approximate surface area is 131 Å². The molecule has 21 heavy (non-hydrogen) atoms. The molecule has 1 aliphatic rings. The lowest BCUT2D eigenvalue weighted by Crippen LogP contribution is -2.30. The van der Waals surface area contributed by atoms with Crippen molar-refractivity contribution in [2.45, 2.75) is 39.0 Å². The van der Waals surface area contributed by atoms with Crippen molar-refractivity contribution in [2.24, 2.45) is 0 Å². The molecular weight excluding hydrogens is 288 g/mol. The van der Waals surface area contributed by atoms with Crippen molar-refractivity contribution >= 4 is 28.9 Å². The van der Waals surface area contributed by atoms with E-state index in [1.807, 2.05) is 0 Å². The van der Waals surface area contributed by atoms with Crippen LogP contribution in [0.2, 0.25) is 5.02 Å². The minimum Gasteiger partial charge on any atom is -0.462 e. The maximum Gasteiger partial charge on any atom is 0.338 e. The summed E-state index contributed by atoms with van der Waals surface area (Å²) in [6.45, 7) is 4.41. The van der Waals surface area contributed by atoms with Gasteiger partial charge in [-0.05, 0) is 37.8 Å². The maximum atomic E-state index is 12.0. The van der Waals surface area contributed by atoms with Crippen LogP contribution in [-0.4, -0.2) is 25.7 Å². The van der Waals surface area contributed by atoms with Crippen LogP contribution in [0.5, 0.6) is 0 Å². The lowest BCUT2D eigenvalue weighted by molar-refractivity contribution is 0.0500. The van der Waals surface area contributed by atoms with E-state index in [2.05, 4.69) is 11.8 Å². The Morgan fingerprint density at radius 1 is 1.33 bits per heavy atom. The Bertz CT molecular complexity index is 476. The van der Waals surface area contributed by atoms with E-state index >= 15 is 0 Å². The largest absolute Gasteiger partial charge is 0.462 e. The van der Waals surface area contributed by atoms with Gasteiger partial charge in [0.2, 0.25) is 0 Å². The fourth-order valence-electron chi connectivity index (χ4n) is 2.58. The molecule has 1 heterocycles. The summed E-state index contributed by atoms with van der Waals surface area (Å²) in [5.41, 5.74) is 7.93. The Balaban J connectivity index is 2.14. The lowest BCUT2D eigenvalue weighted by Gasteiger charge is -2.30. The first-order valence-electron chi connectivity index (χ1n) is 7.64. The predicted octanol–water partition coefficient (Wildman–Crippen LogP) is 3.87. The van der Waals surface area contributed by atoms with Crippen molar-refractivity contribution in [3.05, 3.63) is 22.7 Å². The third-order valence-corrected chi connectivity index (χ3v) is 4.02. The number of nitrogens with two attached hydrogens (primary N) is 1. The maximum absolute atomic E-state index is 12.0. The number of unbranched alkanes of at least 4 members (excludes halogenated alkanes) is 1. The van der Waals surface area contributed by atoms with Gasteiger partial charge in [-0.2, -0.15) is 0 Å². The summed E-state index contributed by atoms with van der Waals surface area (Å²) in [6, 6.07) is 3.33. The lowest BCUT2D eigenvalue weighted by atomic mass is 10.1. The van der Waals surface area contributed by atoms with Crippen LogP contribution in [0.4, 0.5) is 11.4 Å². The molecule has 2 N–H and O–H groups in total. The van der Waals surface area contributed by atoms with E-state index in [4.69, 9.17) is 22.1 Å². The summed E-state index contributed by atoms with van der Waals surface area (Å²) in [5, 5.41) is 0.527. The van der Waals surface area contributed by atoms with E-state index in [-0.39, 0.29) is 5.97 Å². The van der Waals surface area contributed by atoms with Crippen LogP contribution < -0.4 is 10.6 Å². The zero-order valence-corrected chi connectivity index (χ0v) is 13.3. The fraction of sp³-hybridized carbons (Fsp3) is 0.562. The number of piperidine rings is 1. The molecule has 0 spiro atoms. The van der Waals surface area contributed by atoms with Crippen LogP contribution in [0, 0.1) is 0 Å². The number of hydrogen-bond donors (Lipinski definition) is 1. The molecule has 1 fully saturated rings. The molecule has 1 aromatic rings. The first-order valence-corrected chi connectivity index (χ1v) is 8.02. The van der Waals surface area contributed by atoms with Gasteiger partial charge in [-0.15, -0.1) is 0 Å². The summed E-state index contributed by atoms with van der Waals surface area (Å²) >= 11 is 6.34. The Kier molecular flexibility index (Phi) is 5.74. The molecule has 0 radical (unpaired) electrons. The monoisotopic (exact) mass is 310 g/mol. The SMILES string of the molecule is CCCCOC(=O)c1cc(N)c(N2CCCCC2)c(Cl)c1. The van der Waals surface area contributed by atoms with Gasteiger partial charge in [0.05, 0.1) is 28.6 Å². The van der Waals surface area contributed by atoms with Crippen molar-refractivity contribution in [3.8, 4) is 0 Å². The number of nitrogen functional groups attached to an aromatic ring is 1. The molecule has 5 heteroatoms. The van der Waals surface area contributed by atoms with Gasteiger partial charge in [-0.25, -0.2) is 4.79 Å². The highest BCUT2D eigenvalue weighted by atomic mass is 35.5. The summed E-state index contributed by atoms with van der Waals surface area (Å²) in [5.74, 6) is -0.359. The van der Waals surface area contributed by atoms with E-state index in [1.54, 1.807) is 12.1 Å². The molecule has 0 bridgehead atoms. The Hall–Kier alpha value is -1.42.